The van der Waals surface area contributed by atoms with Gasteiger partial charge in [0, 0.05) is 11.1 Å². The Balaban J connectivity index is 3.17. The summed E-state index contributed by atoms with van der Waals surface area (Å²) >= 11 is 4.61. The molecule has 0 heterocycles. The first-order valence-electron chi connectivity index (χ1n) is 3.30. The van der Waals surface area contributed by atoms with E-state index < -0.39 is 6.43 Å². The lowest BCUT2D eigenvalue weighted by Crippen LogP contribution is -2.12. The number of thiocarbonyl (C=S) groups is 1. The molecular formula is C8H7F2NS. The quantitative estimate of drug-likeness (QED) is 0.719. The summed E-state index contributed by atoms with van der Waals surface area (Å²) in [6, 6.07) is 5.96. The number of nitrogens with two attached hydrogens (primary N) is 1. The number of halogens is 2. The molecule has 0 unspecified atom stereocenters. The maximum Gasteiger partial charge on any atom is 0.264 e. The van der Waals surface area contributed by atoms with Crippen molar-refractivity contribution < 1.29 is 8.78 Å². The molecule has 1 rings (SSSR count). The summed E-state index contributed by atoms with van der Waals surface area (Å²) in [5.41, 5.74) is 5.40. The minimum Gasteiger partial charge on any atom is -0.389 e. The third kappa shape index (κ3) is 1.76. The molecule has 0 aliphatic carbocycles. The van der Waals surface area contributed by atoms with Crippen LogP contribution in [-0.2, 0) is 0 Å². The van der Waals surface area contributed by atoms with Crippen LogP contribution >= 0.6 is 12.2 Å². The van der Waals surface area contributed by atoms with Gasteiger partial charge in [0.25, 0.3) is 6.43 Å². The molecule has 0 spiro atoms. The molecular weight excluding hydrogens is 180 g/mol. The lowest BCUT2D eigenvalue weighted by molar-refractivity contribution is 0.151. The number of hydrogen-bond acceptors (Lipinski definition) is 1. The highest BCUT2D eigenvalue weighted by Gasteiger charge is 2.12. The van der Waals surface area contributed by atoms with Gasteiger partial charge in [0.1, 0.15) is 4.99 Å². The molecule has 0 aliphatic rings. The van der Waals surface area contributed by atoms with E-state index in [0.29, 0.717) is 0 Å². The van der Waals surface area contributed by atoms with Crippen molar-refractivity contribution in [1.82, 2.24) is 0 Å². The standard InChI is InChI=1S/C8H7F2NS/c9-7(10)5-3-1-2-4-6(5)8(11)12/h1-4,7H,(H2,11,12). The van der Waals surface area contributed by atoms with Crippen LogP contribution in [0.2, 0.25) is 0 Å². The fourth-order valence-corrected chi connectivity index (χ4v) is 1.10. The van der Waals surface area contributed by atoms with Crippen LogP contribution in [-0.4, -0.2) is 4.99 Å². The summed E-state index contributed by atoms with van der Waals surface area (Å²) in [5, 5.41) is 0. The minimum absolute atomic E-state index is 0.00546. The van der Waals surface area contributed by atoms with Crippen molar-refractivity contribution >= 4 is 17.2 Å². The van der Waals surface area contributed by atoms with E-state index in [1.54, 1.807) is 6.07 Å². The Labute approximate surface area is 74.2 Å². The Morgan fingerprint density at radius 3 is 2.33 bits per heavy atom. The number of alkyl halides is 2. The Hall–Kier alpha value is -1.03. The van der Waals surface area contributed by atoms with E-state index in [9.17, 15) is 8.78 Å². The van der Waals surface area contributed by atoms with Crippen LogP contribution in [0.4, 0.5) is 8.78 Å². The van der Waals surface area contributed by atoms with E-state index in [4.69, 9.17) is 5.73 Å². The van der Waals surface area contributed by atoms with Crippen LogP contribution in [0.25, 0.3) is 0 Å². The van der Waals surface area contributed by atoms with Crippen LogP contribution < -0.4 is 5.73 Å². The van der Waals surface area contributed by atoms with Crippen molar-refractivity contribution in [2.75, 3.05) is 0 Å². The van der Waals surface area contributed by atoms with Crippen molar-refractivity contribution in [2.45, 2.75) is 6.43 Å². The number of benzene rings is 1. The van der Waals surface area contributed by atoms with E-state index in [2.05, 4.69) is 12.2 Å². The highest BCUT2D eigenvalue weighted by atomic mass is 32.1. The fraction of sp³-hybridized carbons (Fsp3) is 0.125. The summed E-state index contributed by atoms with van der Waals surface area (Å²) < 4.78 is 24.5. The van der Waals surface area contributed by atoms with Gasteiger partial charge in [0.15, 0.2) is 0 Å². The molecule has 1 aromatic carbocycles. The second kappa shape index (κ2) is 3.58. The predicted molar refractivity (Wildman–Crippen MR) is 47.3 cm³/mol. The Bertz CT molecular complexity index is 299. The third-order valence-electron chi connectivity index (χ3n) is 1.46. The second-order valence-corrected chi connectivity index (χ2v) is 2.69. The van der Waals surface area contributed by atoms with Gasteiger partial charge in [0.05, 0.1) is 0 Å². The number of hydrogen-bond donors (Lipinski definition) is 1. The summed E-state index contributed by atoms with van der Waals surface area (Å²) in [4.78, 5) is 0.00546. The van der Waals surface area contributed by atoms with Gasteiger partial charge in [-0.2, -0.15) is 0 Å². The van der Waals surface area contributed by atoms with Gasteiger partial charge in [-0.15, -0.1) is 0 Å². The molecule has 0 amide bonds. The fourth-order valence-electron chi connectivity index (χ4n) is 0.912. The predicted octanol–water partition coefficient (Wildman–Crippen LogP) is 2.26. The monoisotopic (exact) mass is 187 g/mol. The first kappa shape index (κ1) is 9.06. The molecule has 0 saturated carbocycles. The Morgan fingerprint density at radius 1 is 1.33 bits per heavy atom. The average molecular weight is 187 g/mol. The average Bonchev–Trinajstić information content (AvgIpc) is 2.04. The molecule has 0 atom stereocenters. The molecule has 0 aliphatic heterocycles. The molecule has 0 radical (unpaired) electrons. The van der Waals surface area contributed by atoms with E-state index in [1.165, 1.54) is 18.2 Å². The molecule has 0 bridgehead atoms. The van der Waals surface area contributed by atoms with Crippen molar-refractivity contribution in [2.24, 2.45) is 5.73 Å². The smallest absolute Gasteiger partial charge is 0.264 e. The minimum atomic E-state index is -2.53. The zero-order chi connectivity index (χ0) is 9.14. The molecule has 12 heavy (non-hydrogen) atoms. The van der Waals surface area contributed by atoms with Gasteiger partial charge in [-0.05, 0) is 0 Å². The maximum absolute atomic E-state index is 12.3. The Kier molecular flexibility index (Phi) is 2.70. The van der Waals surface area contributed by atoms with Crippen molar-refractivity contribution in [3.63, 3.8) is 0 Å². The molecule has 0 saturated heterocycles. The summed E-state index contributed by atoms with van der Waals surface area (Å²) in [5.74, 6) is 0. The van der Waals surface area contributed by atoms with E-state index in [1.807, 2.05) is 0 Å². The molecule has 4 heteroatoms. The van der Waals surface area contributed by atoms with Crippen LogP contribution in [0.15, 0.2) is 24.3 Å². The third-order valence-corrected chi connectivity index (χ3v) is 1.68. The Morgan fingerprint density at radius 2 is 1.92 bits per heavy atom. The number of rotatable bonds is 2. The zero-order valence-electron chi connectivity index (χ0n) is 6.13. The van der Waals surface area contributed by atoms with E-state index in [-0.39, 0.29) is 16.1 Å². The molecule has 0 fully saturated rings. The van der Waals surface area contributed by atoms with E-state index in [0.717, 1.165) is 0 Å². The van der Waals surface area contributed by atoms with Gasteiger partial charge in [-0.25, -0.2) is 8.78 Å². The van der Waals surface area contributed by atoms with Crippen LogP contribution in [0, 0.1) is 0 Å². The lowest BCUT2D eigenvalue weighted by atomic mass is 10.1. The van der Waals surface area contributed by atoms with Crippen LogP contribution in [0.5, 0.6) is 0 Å². The van der Waals surface area contributed by atoms with Crippen LogP contribution in [0.1, 0.15) is 17.6 Å². The molecule has 64 valence electrons. The van der Waals surface area contributed by atoms with Crippen molar-refractivity contribution in [3.8, 4) is 0 Å². The molecule has 1 aromatic rings. The van der Waals surface area contributed by atoms with E-state index >= 15 is 0 Å². The zero-order valence-corrected chi connectivity index (χ0v) is 6.94. The SMILES string of the molecule is NC(=S)c1ccccc1C(F)F. The van der Waals surface area contributed by atoms with Gasteiger partial charge >= 0.3 is 0 Å². The molecule has 2 N–H and O–H groups in total. The maximum atomic E-state index is 12.3. The largest absolute Gasteiger partial charge is 0.389 e. The summed E-state index contributed by atoms with van der Waals surface area (Å²) in [6.07, 6.45) is -2.53. The van der Waals surface area contributed by atoms with Crippen LogP contribution in [0.3, 0.4) is 0 Å². The van der Waals surface area contributed by atoms with Crippen molar-refractivity contribution in [3.05, 3.63) is 35.4 Å². The first-order chi connectivity index (χ1) is 5.63. The van der Waals surface area contributed by atoms with Gasteiger partial charge in [0.2, 0.25) is 0 Å². The van der Waals surface area contributed by atoms with Gasteiger partial charge in [-0.1, -0.05) is 36.5 Å². The topological polar surface area (TPSA) is 26.0 Å². The first-order valence-corrected chi connectivity index (χ1v) is 3.70. The normalized spacial score (nSPS) is 10.2. The summed E-state index contributed by atoms with van der Waals surface area (Å²) in [6.45, 7) is 0. The highest BCUT2D eigenvalue weighted by molar-refractivity contribution is 7.80. The second-order valence-electron chi connectivity index (χ2n) is 2.25. The highest BCUT2D eigenvalue weighted by Crippen LogP contribution is 2.22. The summed E-state index contributed by atoms with van der Waals surface area (Å²) in [7, 11) is 0. The van der Waals surface area contributed by atoms with Crippen molar-refractivity contribution in [1.29, 1.82) is 0 Å². The molecule has 0 aromatic heterocycles. The van der Waals surface area contributed by atoms with Gasteiger partial charge in [-0.3, -0.25) is 0 Å². The van der Waals surface area contributed by atoms with Gasteiger partial charge < -0.3 is 5.73 Å². The lowest BCUT2D eigenvalue weighted by Gasteiger charge is -2.05. The molecule has 1 nitrogen and oxygen atoms in total.